The average molecular weight is 385 g/mol. The quantitative estimate of drug-likeness (QED) is 0.514. The Bertz CT molecular complexity index is 744. The number of aliphatic imine (C=N–C) groups is 1. The van der Waals surface area contributed by atoms with Gasteiger partial charge in [-0.15, -0.1) is 0 Å². The van der Waals surface area contributed by atoms with Crippen molar-refractivity contribution in [2.24, 2.45) is 4.99 Å². The van der Waals surface area contributed by atoms with E-state index in [2.05, 4.69) is 44.8 Å². The van der Waals surface area contributed by atoms with Crippen LogP contribution < -0.4 is 25.0 Å². The third kappa shape index (κ3) is 6.68. The number of benzene rings is 2. The Hall–Kier alpha value is -2.89. The zero-order valence-electron chi connectivity index (χ0n) is 17.5. The van der Waals surface area contributed by atoms with E-state index in [0.717, 1.165) is 30.4 Å². The Morgan fingerprint density at radius 1 is 1.04 bits per heavy atom. The van der Waals surface area contributed by atoms with Gasteiger partial charge in [0.1, 0.15) is 6.10 Å². The van der Waals surface area contributed by atoms with Gasteiger partial charge < -0.3 is 25.0 Å². The molecule has 1 atom stereocenters. The second-order valence-corrected chi connectivity index (χ2v) is 6.77. The van der Waals surface area contributed by atoms with Gasteiger partial charge in [0.05, 0.1) is 13.7 Å². The van der Waals surface area contributed by atoms with Crippen LogP contribution in [-0.2, 0) is 6.42 Å². The van der Waals surface area contributed by atoms with E-state index >= 15 is 0 Å². The van der Waals surface area contributed by atoms with Crippen molar-refractivity contribution in [1.82, 2.24) is 10.6 Å². The zero-order valence-corrected chi connectivity index (χ0v) is 17.5. The molecular formula is C22H32N4O2. The topological polar surface area (TPSA) is 58.1 Å². The highest BCUT2D eigenvalue weighted by molar-refractivity contribution is 5.79. The molecule has 0 aliphatic rings. The molecule has 0 saturated heterocycles. The van der Waals surface area contributed by atoms with Crippen LogP contribution in [0.4, 0.5) is 5.69 Å². The summed E-state index contributed by atoms with van der Waals surface area (Å²) < 4.78 is 11.3. The molecule has 152 valence electrons. The largest absolute Gasteiger partial charge is 0.493 e. The van der Waals surface area contributed by atoms with E-state index in [-0.39, 0.29) is 6.10 Å². The monoisotopic (exact) mass is 384 g/mol. The Labute approximate surface area is 168 Å². The number of para-hydroxylation sites is 2. The molecule has 0 amide bonds. The van der Waals surface area contributed by atoms with Gasteiger partial charge in [0.15, 0.2) is 17.5 Å². The van der Waals surface area contributed by atoms with Gasteiger partial charge in [-0.25, -0.2) is 0 Å². The first-order chi connectivity index (χ1) is 13.5. The van der Waals surface area contributed by atoms with Crippen molar-refractivity contribution in [3.05, 3.63) is 54.1 Å². The van der Waals surface area contributed by atoms with Crippen LogP contribution in [0, 0.1) is 0 Å². The maximum atomic E-state index is 5.96. The normalized spacial score (nSPS) is 12.2. The Morgan fingerprint density at radius 2 is 1.71 bits per heavy atom. The molecule has 2 aromatic rings. The van der Waals surface area contributed by atoms with Crippen molar-refractivity contribution in [2.45, 2.75) is 19.4 Å². The van der Waals surface area contributed by atoms with Crippen molar-refractivity contribution in [1.29, 1.82) is 0 Å². The third-order valence-electron chi connectivity index (χ3n) is 4.34. The van der Waals surface area contributed by atoms with Crippen LogP contribution in [0.3, 0.4) is 0 Å². The molecule has 28 heavy (non-hydrogen) atoms. The maximum absolute atomic E-state index is 5.96. The molecule has 0 aromatic heterocycles. The molecule has 6 heteroatoms. The van der Waals surface area contributed by atoms with Crippen LogP contribution in [0.15, 0.2) is 53.5 Å². The maximum Gasteiger partial charge on any atom is 0.191 e. The lowest BCUT2D eigenvalue weighted by Crippen LogP contribution is -2.42. The first-order valence-electron chi connectivity index (χ1n) is 9.54. The van der Waals surface area contributed by atoms with Crippen LogP contribution in [0.2, 0.25) is 0 Å². The lowest BCUT2D eigenvalue weighted by molar-refractivity contribution is 0.213. The number of rotatable bonds is 9. The zero-order chi connectivity index (χ0) is 20.4. The van der Waals surface area contributed by atoms with Gasteiger partial charge in [-0.3, -0.25) is 4.99 Å². The Morgan fingerprint density at radius 3 is 2.32 bits per heavy atom. The number of nitrogens with zero attached hydrogens (tertiary/aromatic N) is 2. The summed E-state index contributed by atoms with van der Waals surface area (Å²) in [4.78, 5) is 6.38. The summed E-state index contributed by atoms with van der Waals surface area (Å²) >= 11 is 0. The van der Waals surface area contributed by atoms with E-state index in [1.54, 1.807) is 14.2 Å². The van der Waals surface area contributed by atoms with E-state index in [9.17, 15) is 0 Å². The van der Waals surface area contributed by atoms with E-state index in [0.29, 0.717) is 6.54 Å². The fourth-order valence-corrected chi connectivity index (χ4v) is 2.72. The summed E-state index contributed by atoms with van der Waals surface area (Å²) in [7, 11) is 7.51. The number of hydrogen-bond donors (Lipinski definition) is 2. The van der Waals surface area contributed by atoms with E-state index in [1.165, 1.54) is 11.3 Å². The Kier molecular flexibility index (Phi) is 8.46. The molecule has 0 aliphatic carbocycles. The van der Waals surface area contributed by atoms with Gasteiger partial charge in [-0.2, -0.15) is 0 Å². The van der Waals surface area contributed by atoms with E-state index < -0.39 is 0 Å². The van der Waals surface area contributed by atoms with Crippen molar-refractivity contribution < 1.29 is 9.47 Å². The lowest BCUT2D eigenvalue weighted by Gasteiger charge is -2.19. The highest BCUT2D eigenvalue weighted by atomic mass is 16.5. The van der Waals surface area contributed by atoms with Gasteiger partial charge in [0.2, 0.25) is 0 Å². The van der Waals surface area contributed by atoms with Gasteiger partial charge in [-0.1, -0.05) is 24.3 Å². The molecule has 2 N–H and O–H groups in total. The van der Waals surface area contributed by atoms with E-state index in [4.69, 9.17) is 9.47 Å². The summed E-state index contributed by atoms with van der Waals surface area (Å²) in [6, 6.07) is 16.3. The summed E-state index contributed by atoms with van der Waals surface area (Å²) in [5, 5.41) is 6.65. The summed E-state index contributed by atoms with van der Waals surface area (Å²) in [5.41, 5.74) is 2.50. The number of hydrogen-bond acceptors (Lipinski definition) is 4. The fraction of sp³-hybridized carbons (Fsp3) is 0.409. The molecule has 0 fully saturated rings. The van der Waals surface area contributed by atoms with Crippen molar-refractivity contribution in [3.63, 3.8) is 0 Å². The minimum Gasteiger partial charge on any atom is -0.493 e. The average Bonchev–Trinajstić information content (AvgIpc) is 2.71. The molecular weight excluding hydrogens is 352 g/mol. The standard InChI is InChI=1S/C22H32N4O2/c1-17(28-21-9-7-6-8-20(21)27-5)16-25-22(23-2)24-15-14-18-10-12-19(13-11-18)26(3)4/h6-13,17H,14-16H2,1-5H3,(H2,23,24,25). The Balaban J connectivity index is 1.74. The van der Waals surface area contributed by atoms with Gasteiger partial charge in [0.25, 0.3) is 0 Å². The van der Waals surface area contributed by atoms with Crippen molar-refractivity contribution in [3.8, 4) is 11.5 Å². The minimum absolute atomic E-state index is 0.0339. The van der Waals surface area contributed by atoms with Gasteiger partial charge >= 0.3 is 0 Å². The highest BCUT2D eigenvalue weighted by Crippen LogP contribution is 2.26. The highest BCUT2D eigenvalue weighted by Gasteiger charge is 2.09. The summed E-state index contributed by atoms with van der Waals surface area (Å²) in [6.45, 7) is 3.46. The molecule has 1 unspecified atom stereocenters. The summed E-state index contributed by atoms with van der Waals surface area (Å²) in [6.07, 6.45) is 0.898. The van der Waals surface area contributed by atoms with Crippen LogP contribution in [0.25, 0.3) is 0 Å². The molecule has 0 radical (unpaired) electrons. The lowest BCUT2D eigenvalue weighted by atomic mass is 10.1. The molecule has 2 rings (SSSR count). The molecule has 6 nitrogen and oxygen atoms in total. The smallest absolute Gasteiger partial charge is 0.191 e. The SMILES string of the molecule is CN=C(NCCc1ccc(N(C)C)cc1)NCC(C)Oc1ccccc1OC. The predicted molar refractivity (Wildman–Crippen MR) is 117 cm³/mol. The van der Waals surface area contributed by atoms with Crippen LogP contribution >= 0.6 is 0 Å². The number of guanidine groups is 1. The van der Waals surface area contributed by atoms with Crippen LogP contribution in [0.5, 0.6) is 11.5 Å². The first kappa shape index (κ1) is 21.4. The second-order valence-electron chi connectivity index (χ2n) is 6.77. The number of anilines is 1. The molecule has 0 bridgehead atoms. The third-order valence-corrected chi connectivity index (χ3v) is 4.34. The fourth-order valence-electron chi connectivity index (χ4n) is 2.72. The minimum atomic E-state index is -0.0339. The van der Waals surface area contributed by atoms with Gasteiger partial charge in [0, 0.05) is 33.4 Å². The molecule has 0 saturated carbocycles. The predicted octanol–water partition coefficient (Wildman–Crippen LogP) is 2.94. The van der Waals surface area contributed by atoms with E-state index in [1.807, 2.05) is 45.3 Å². The number of methoxy groups -OCH3 is 1. The van der Waals surface area contributed by atoms with Crippen molar-refractivity contribution in [2.75, 3.05) is 46.2 Å². The molecule has 2 aromatic carbocycles. The second kappa shape index (κ2) is 11.1. The van der Waals surface area contributed by atoms with Crippen LogP contribution in [-0.4, -0.2) is 53.4 Å². The number of nitrogens with one attached hydrogen (secondary N) is 2. The molecule has 0 heterocycles. The molecule has 0 aliphatic heterocycles. The van der Waals surface area contributed by atoms with Crippen molar-refractivity contribution >= 4 is 11.6 Å². The van der Waals surface area contributed by atoms with Crippen LogP contribution in [0.1, 0.15) is 12.5 Å². The molecule has 0 spiro atoms. The first-order valence-corrected chi connectivity index (χ1v) is 9.54. The summed E-state index contributed by atoms with van der Waals surface area (Å²) in [5.74, 6) is 2.24. The number of ether oxygens (including phenoxy) is 2. The van der Waals surface area contributed by atoms with Gasteiger partial charge in [-0.05, 0) is 43.2 Å².